The number of aliphatic carboxylic acids is 1. The van der Waals surface area contributed by atoms with E-state index in [9.17, 15) is 9.90 Å². The van der Waals surface area contributed by atoms with Gasteiger partial charge in [0, 0.05) is 0 Å². The van der Waals surface area contributed by atoms with E-state index in [4.69, 9.17) is 15.0 Å². The first kappa shape index (κ1) is 5.99. The van der Waals surface area contributed by atoms with E-state index in [1.165, 1.54) is 6.07 Å². The van der Waals surface area contributed by atoms with Crippen LogP contribution in [0.5, 0.6) is 5.75 Å². The predicted octanol–water partition coefficient (Wildman–Crippen LogP) is 0.347. The smallest absolute Gasteiger partial charge is 0.320 e. The van der Waals surface area contributed by atoms with Crippen molar-refractivity contribution in [2.75, 3.05) is 0 Å². The maximum absolute atomic E-state index is 10.6. The lowest BCUT2D eigenvalue weighted by Crippen LogP contribution is -2.32. The number of nitrogens with two attached hydrogens (primary N) is 1. The third-order valence-electron chi connectivity index (χ3n) is 1.42. The molecule has 1 aromatic carbocycles. The minimum absolute atomic E-state index is 0.0601. The maximum Gasteiger partial charge on any atom is 0.320 e. The highest BCUT2D eigenvalue weighted by atomic mass is 16.4. The average Bonchev–Trinajstić information content (AvgIpc) is 2.12. The molecule has 0 aromatic heterocycles. The molecule has 0 saturated heterocycles. The molecule has 0 radical (unpaired) electrons. The molecular formula is C9H11NO3. The lowest BCUT2D eigenvalue weighted by atomic mass is 10.1. The molecule has 70 valence electrons. The number of hydrogen-bond acceptors (Lipinski definition) is 3. The van der Waals surface area contributed by atoms with Gasteiger partial charge in [-0.05, 0) is 24.1 Å². The molecule has 1 rings (SSSR count). The van der Waals surface area contributed by atoms with Crippen LogP contribution >= 0.6 is 0 Å². The predicted molar refractivity (Wildman–Crippen MR) is 47.4 cm³/mol. The third kappa shape index (κ3) is 2.76. The summed E-state index contributed by atoms with van der Waals surface area (Å²) in [4.78, 5) is 10.6. The van der Waals surface area contributed by atoms with Crippen molar-refractivity contribution in [2.45, 2.75) is 12.4 Å². The maximum atomic E-state index is 10.6. The second-order valence-electron chi connectivity index (χ2n) is 2.50. The Kier molecular flexibility index (Phi) is 1.80. The fourth-order valence-electron chi connectivity index (χ4n) is 0.834. The molecule has 4 N–H and O–H groups in total. The number of phenols is 1. The first-order valence-electron chi connectivity index (χ1n) is 5.05. The first-order chi connectivity index (χ1) is 7.24. The van der Waals surface area contributed by atoms with Crippen LogP contribution in [-0.4, -0.2) is 22.2 Å². The van der Waals surface area contributed by atoms with E-state index in [0.717, 1.165) is 6.07 Å². The zero-order chi connectivity index (χ0) is 12.5. The summed E-state index contributed by atoms with van der Waals surface area (Å²) in [5.41, 5.74) is 5.26. The van der Waals surface area contributed by atoms with E-state index in [0.29, 0.717) is 0 Å². The van der Waals surface area contributed by atoms with Gasteiger partial charge in [-0.2, -0.15) is 0 Å². The van der Waals surface area contributed by atoms with E-state index >= 15 is 0 Å². The molecule has 0 saturated carbocycles. The standard InChI is InChI=1S/C9H11NO3/c10-8(9(12)13)5-6-2-1-3-7(11)4-6/h1-4,8,11H,5,10H2,(H,12,13)/t8-/m1/s1/i1D,4D,8D. The van der Waals surface area contributed by atoms with Crippen LogP contribution in [0.15, 0.2) is 24.2 Å². The minimum Gasteiger partial charge on any atom is -0.508 e. The molecule has 4 heteroatoms. The Labute approximate surface area is 79.8 Å². The highest BCUT2D eigenvalue weighted by molar-refractivity contribution is 5.73. The summed E-state index contributed by atoms with van der Waals surface area (Å²) in [6, 6.07) is -0.365. The summed E-state index contributed by atoms with van der Waals surface area (Å²) in [6.45, 7) is 0. The lowest BCUT2D eigenvalue weighted by molar-refractivity contribution is -0.138. The molecule has 1 atom stereocenters. The van der Waals surface area contributed by atoms with Crippen molar-refractivity contribution in [3.63, 3.8) is 0 Å². The number of carbonyl (C=O) groups is 1. The van der Waals surface area contributed by atoms with Gasteiger partial charge in [-0.1, -0.05) is 12.1 Å². The van der Waals surface area contributed by atoms with Crippen molar-refractivity contribution in [3.05, 3.63) is 29.8 Å². The summed E-state index contributed by atoms with van der Waals surface area (Å²) >= 11 is 0. The van der Waals surface area contributed by atoms with E-state index in [1.54, 1.807) is 0 Å². The molecule has 0 heterocycles. The number of benzene rings is 1. The highest BCUT2D eigenvalue weighted by Gasteiger charge is 2.11. The highest BCUT2D eigenvalue weighted by Crippen LogP contribution is 2.11. The molecule has 1 aromatic rings. The summed E-state index contributed by atoms with van der Waals surface area (Å²) in [6.07, 6.45) is -0.443. The van der Waals surface area contributed by atoms with Gasteiger partial charge in [-0.25, -0.2) is 0 Å². The topological polar surface area (TPSA) is 83.5 Å². The number of carboxylic acid groups (broad SMARTS) is 1. The van der Waals surface area contributed by atoms with Crippen molar-refractivity contribution >= 4 is 5.97 Å². The third-order valence-corrected chi connectivity index (χ3v) is 1.42. The lowest BCUT2D eigenvalue weighted by Gasteiger charge is -2.05. The van der Waals surface area contributed by atoms with Crippen molar-refractivity contribution in [1.82, 2.24) is 0 Å². The van der Waals surface area contributed by atoms with Crippen LogP contribution in [0, 0.1) is 0 Å². The first-order valence-corrected chi connectivity index (χ1v) is 3.55. The van der Waals surface area contributed by atoms with Crippen LogP contribution in [0.1, 0.15) is 9.68 Å². The zero-order valence-corrected chi connectivity index (χ0v) is 6.74. The van der Waals surface area contributed by atoms with Crippen molar-refractivity contribution < 1.29 is 19.1 Å². The molecule has 0 amide bonds. The van der Waals surface area contributed by atoms with Gasteiger partial charge in [-0.15, -0.1) is 0 Å². The van der Waals surface area contributed by atoms with Gasteiger partial charge in [0.15, 0.2) is 0 Å². The molecule has 0 fully saturated rings. The molecule has 4 nitrogen and oxygen atoms in total. The molecule has 0 aliphatic carbocycles. The summed E-state index contributed by atoms with van der Waals surface area (Å²) < 4.78 is 22.1. The monoisotopic (exact) mass is 184 g/mol. The quantitative estimate of drug-likeness (QED) is 0.632. The van der Waals surface area contributed by atoms with Crippen LogP contribution < -0.4 is 5.73 Å². The second kappa shape index (κ2) is 3.91. The second-order valence-corrected chi connectivity index (χ2v) is 2.50. The van der Waals surface area contributed by atoms with Gasteiger partial charge in [0.1, 0.15) is 11.8 Å². The number of phenolic OH excluding ortho intramolecular Hbond substituents is 1. The van der Waals surface area contributed by atoms with Gasteiger partial charge in [0.2, 0.25) is 0 Å². The Morgan fingerprint density at radius 3 is 3.08 bits per heavy atom. The average molecular weight is 184 g/mol. The van der Waals surface area contributed by atoms with Crippen molar-refractivity contribution in [3.8, 4) is 5.75 Å². The Hall–Kier alpha value is -1.55. The molecule has 13 heavy (non-hydrogen) atoms. The van der Waals surface area contributed by atoms with Crippen LogP contribution in [0.4, 0.5) is 0 Å². The summed E-state index contributed by atoms with van der Waals surface area (Å²) in [5, 5.41) is 17.9. The van der Waals surface area contributed by atoms with Crippen LogP contribution in [0.3, 0.4) is 0 Å². The van der Waals surface area contributed by atoms with Crippen LogP contribution in [0.2, 0.25) is 0 Å². The number of aromatic hydroxyl groups is 1. The molecular weight excluding hydrogens is 170 g/mol. The van der Waals surface area contributed by atoms with Gasteiger partial charge in [0.05, 0.1) is 4.11 Å². The number of hydrogen-bond donors (Lipinski definition) is 3. The van der Waals surface area contributed by atoms with Crippen molar-refractivity contribution in [1.29, 1.82) is 0 Å². The Bertz CT molecular complexity index is 434. The van der Waals surface area contributed by atoms with Gasteiger partial charge in [0.25, 0.3) is 0 Å². The minimum atomic E-state index is -2.27. The van der Waals surface area contributed by atoms with E-state index in [2.05, 4.69) is 0 Å². The zero-order valence-electron chi connectivity index (χ0n) is 9.74. The Morgan fingerprint density at radius 1 is 1.77 bits per heavy atom. The SMILES string of the molecule is [2H]c1cc(O)c([2H])c(C[C@@]([2H])(N)C(=O)O)c1. The molecule has 0 unspecified atom stereocenters. The fraction of sp³-hybridized carbons (Fsp3) is 0.222. The van der Waals surface area contributed by atoms with Crippen molar-refractivity contribution in [2.24, 2.45) is 5.73 Å². The Balaban J connectivity index is 3.11. The summed E-state index contributed by atoms with van der Waals surface area (Å²) in [7, 11) is 0. The normalized spacial score (nSPS) is 18.1. The van der Waals surface area contributed by atoms with E-state index < -0.39 is 24.2 Å². The summed E-state index contributed by atoms with van der Waals surface area (Å²) in [5.74, 6) is -1.95. The molecule has 0 aliphatic rings. The molecule has 0 bridgehead atoms. The number of rotatable bonds is 3. The Morgan fingerprint density at radius 2 is 2.46 bits per heavy atom. The van der Waals surface area contributed by atoms with E-state index in [-0.39, 0.29) is 17.6 Å². The van der Waals surface area contributed by atoms with Crippen LogP contribution in [0.25, 0.3) is 0 Å². The van der Waals surface area contributed by atoms with Gasteiger partial charge in [-0.3, -0.25) is 4.79 Å². The van der Waals surface area contributed by atoms with Gasteiger partial charge < -0.3 is 15.9 Å². The number of carboxylic acids is 1. The van der Waals surface area contributed by atoms with Crippen LogP contribution in [-0.2, 0) is 11.2 Å². The fourth-order valence-corrected chi connectivity index (χ4v) is 0.834. The molecule has 0 aliphatic heterocycles. The van der Waals surface area contributed by atoms with Gasteiger partial charge >= 0.3 is 5.97 Å². The molecule has 0 spiro atoms. The van der Waals surface area contributed by atoms with E-state index in [1.807, 2.05) is 0 Å². The largest absolute Gasteiger partial charge is 0.508 e.